The van der Waals surface area contributed by atoms with E-state index in [1.807, 2.05) is 25.1 Å². The molecule has 0 unspecified atom stereocenters. The van der Waals surface area contributed by atoms with Gasteiger partial charge < -0.3 is 11.1 Å². The molecule has 1 aliphatic rings. The van der Waals surface area contributed by atoms with Crippen LogP contribution in [0.3, 0.4) is 0 Å². The minimum absolute atomic E-state index is 0.484. The number of nitrogens with two attached hydrogens (primary N) is 1. The van der Waals surface area contributed by atoms with Gasteiger partial charge in [0.2, 0.25) is 0 Å². The molecule has 0 spiro atoms. The van der Waals surface area contributed by atoms with Crippen molar-refractivity contribution in [1.29, 1.82) is 0 Å². The maximum atomic E-state index is 6.27. The topological polar surface area (TPSA) is 62.8 Å². The first-order valence-electron chi connectivity index (χ1n) is 5.80. The molecule has 0 atom stereocenters. The van der Waals surface area contributed by atoms with Gasteiger partial charge in [0.25, 0.3) is 0 Å². The molecule has 0 aromatic heterocycles. The van der Waals surface area contributed by atoms with Crippen molar-refractivity contribution in [1.82, 2.24) is 0 Å². The standard InChI is InChI=1S/C13H10Cl2N4S/c1-6-3-2-4-9(16)10(6)17-11-7(14)5-8(15)12-13(11)19-20-18-12/h2-5,17H,16H2,1H3. The molecule has 102 valence electrons. The SMILES string of the molecule is Cc1cccc(N)c1Nc1c(Cl)cc(Cl)c2c1N=S=N2. The van der Waals surface area contributed by atoms with Crippen LogP contribution in [0, 0.1) is 6.92 Å². The Kier molecular flexibility index (Phi) is 3.41. The van der Waals surface area contributed by atoms with Crippen molar-refractivity contribution < 1.29 is 0 Å². The molecule has 0 aliphatic carbocycles. The minimum Gasteiger partial charge on any atom is -0.397 e. The second-order valence-electron chi connectivity index (χ2n) is 4.34. The number of hydrogen-bond donors (Lipinski definition) is 2. The molecule has 20 heavy (non-hydrogen) atoms. The predicted octanol–water partition coefficient (Wildman–Crippen LogP) is 5.35. The minimum atomic E-state index is 0.484. The number of nitrogens with one attached hydrogen (secondary N) is 1. The smallest absolute Gasteiger partial charge is 0.131 e. The van der Waals surface area contributed by atoms with Crippen molar-refractivity contribution in [3.8, 4) is 0 Å². The zero-order valence-electron chi connectivity index (χ0n) is 10.4. The summed E-state index contributed by atoms with van der Waals surface area (Å²) in [6.45, 7) is 1.97. The highest BCUT2D eigenvalue weighted by molar-refractivity contribution is 7.58. The Morgan fingerprint density at radius 3 is 2.60 bits per heavy atom. The number of aryl methyl sites for hydroxylation is 1. The molecule has 2 aromatic rings. The number of hydrogen-bond acceptors (Lipinski definition) is 4. The van der Waals surface area contributed by atoms with Gasteiger partial charge in [0.15, 0.2) is 0 Å². The van der Waals surface area contributed by atoms with Gasteiger partial charge in [0.1, 0.15) is 11.4 Å². The molecule has 1 aliphatic heterocycles. The third kappa shape index (κ3) is 2.18. The number of nitrogen functional groups attached to an aromatic ring is 1. The van der Waals surface area contributed by atoms with Crippen LogP contribution in [0.5, 0.6) is 0 Å². The molecule has 0 radical (unpaired) electrons. The molecule has 0 bridgehead atoms. The lowest BCUT2D eigenvalue weighted by molar-refractivity contribution is 1.42. The maximum Gasteiger partial charge on any atom is 0.131 e. The number of benzene rings is 2. The monoisotopic (exact) mass is 324 g/mol. The lowest BCUT2D eigenvalue weighted by Gasteiger charge is -2.15. The Morgan fingerprint density at radius 2 is 1.85 bits per heavy atom. The van der Waals surface area contributed by atoms with Crippen LogP contribution in [0.1, 0.15) is 5.56 Å². The summed E-state index contributed by atoms with van der Waals surface area (Å²) in [5.74, 6) is 0. The van der Waals surface area contributed by atoms with Crippen molar-refractivity contribution in [2.75, 3.05) is 11.1 Å². The zero-order valence-corrected chi connectivity index (χ0v) is 12.8. The van der Waals surface area contributed by atoms with E-state index in [0.29, 0.717) is 32.8 Å². The molecule has 7 heteroatoms. The van der Waals surface area contributed by atoms with E-state index >= 15 is 0 Å². The summed E-state index contributed by atoms with van der Waals surface area (Å²) < 4.78 is 8.43. The van der Waals surface area contributed by atoms with Gasteiger partial charge in [-0.15, -0.1) is 0 Å². The van der Waals surface area contributed by atoms with Gasteiger partial charge in [-0.1, -0.05) is 35.3 Å². The van der Waals surface area contributed by atoms with E-state index in [0.717, 1.165) is 22.6 Å². The third-order valence-electron chi connectivity index (χ3n) is 3.00. The summed E-state index contributed by atoms with van der Waals surface area (Å²) in [7, 11) is 0. The van der Waals surface area contributed by atoms with Crippen molar-refractivity contribution in [3.63, 3.8) is 0 Å². The fourth-order valence-corrected chi connectivity index (χ4v) is 3.14. The van der Waals surface area contributed by atoms with E-state index < -0.39 is 0 Å². The number of nitrogens with zero attached hydrogens (tertiary/aromatic N) is 2. The van der Waals surface area contributed by atoms with E-state index in [4.69, 9.17) is 28.9 Å². The van der Waals surface area contributed by atoms with Crippen LogP contribution in [0.15, 0.2) is 33.0 Å². The molecule has 1 heterocycles. The Morgan fingerprint density at radius 1 is 1.10 bits per heavy atom. The second-order valence-corrected chi connectivity index (χ2v) is 5.68. The summed E-state index contributed by atoms with van der Waals surface area (Å²) in [4.78, 5) is 0. The van der Waals surface area contributed by atoms with Crippen molar-refractivity contribution in [2.24, 2.45) is 8.73 Å². The molecule has 4 nitrogen and oxygen atoms in total. The fraction of sp³-hybridized carbons (Fsp3) is 0.0769. The van der Waals surface area contributed by atoms with Crippen LogP contribution in [0.4, 0.5) is 28.4 Å². The van der Waals surface area contributed by atoms with Crippen LogP contribution >= 0.6 is 23.2 Å². The number of fused-ring (bicyclic) bond motifs is 1. The molecule has 0 saturated carbocycles. The Hall–Kier alpha value is -1.56. The van der Waals surface area contributed by atoms with E-state index in [-0.39, 0.29) is 0 Å². The quantitative estimate of drug-likeness (QED) is 0.624. The van der Waals surface area contributed by atoms with E-state index in [2.05, 4.69) is 14.0 Å². The number of para-hydroxylation sites is 1. The van der Waals surface area contributed by atoms with Gasteiger partial charge in [-0.05, 0) is 24.6 Å². The first-order chi connectivity index (χ1) is 9.58. The number of halogens is 2. The van der Waals surface area contributed by atoms with Gasteiger partial charge >= 0.3 is 0 Å². The van der Waals surface area contributed by atoms with Crippen LogP contribution < -0.4 is 11.1 Å². The Bertz CT molecular complexity index is 762. The largest absolute Gasteiger partial charge is 0.397 e. The highest BCUT2D eigenvalue weighted by atomic mass is 35.5. The average molecular weight is 325 g/mol. The lowest BCUT2D eigenvalue weighted by Crippen LogP contribution is -1.99. The van der Waals surface area contributed by atoms with Gasteiger partial charge in [0, 0.05) is 0 Å². The molecule has 0 fully saturated rings. The zero-order chi connectivity index (χ0) is 14.3. The maximum absolute atomic E-state index is 6.27. The normalized spacial score (nSPS) is 12.2. The Balaban J connectivity index is 2.14. The summed E-state index contributed by atoms with van der Waals surface area (Å²) in [5.41, 5.74) is 10.4. The average Bonchev–Trinajstić information content (AvgIpc) is 2.87. The summed E-state index contributed by atoms with van der Waals surface area (Å²) in [5, 5.41) is 4.23. The highest BCUT2D eigenvalue weighted by Crippen LogP contribution is 2.49. The molecule has 0 amide bonds. The van der Waals surface area contributed by atoms with Crippen LogP contribution in [0.25, 0.3) is 0 Å². The van der Waals surface area contributed by atoms with Crippen molar-refractivity contribution in [2.45, 2.75) is 6.92 Å². The first kappa shape index (κ1) is 13.4. The lowest BCUT2D eigenvalue weighted by atomic mass is 10.1. The summed E-state index contributed by atoms with van der Waals surface area (Å²) in [6, 6.07) is 7.36. The fourth-order valence-electron chi connectivity index (χ4n) is 1.98. The van der Waals surface area contributed by atoms with Gasteiger partial charge in [-0.2, -0.15) is 8.73 Å². The molecule has 2 aromatic carbocycles. The molecular weight excluding hydrogens is 315 g/mol. The second kappa shape index (κ2) is 5.09. The van der Waals surface area contributed by atoms with Crippen molar-refractivity contribution >= 4 is 63.0 Å². The van der Waals surface area contributed by atoms with Gasteiger partial charge in [-0.25, -0.2) is 0 Å². The predicted molar refractivity (Wildman–Crippen MR) is 86.9 cm³/mol. The van der Waals surface area contributed by atoms with Crippen molar-refractivity contribution in [3.05, 3.63) is 39.9 Å². The van der Waals surface area contributed by atoms with Gasteiger partial charge in [-0.3, -0.25) is 0 Å². The first-order valence-corrected chi connectivity index (χ1v) is 7.29. The number of rotatable bonds is 2. The summed E-state index contributed by atoms with van der Waals surface area (Å²) >= 11 is 13.5. The Labute approximate surface area is 129 Å². The number of anilines is 3. The van der Waals surface area contributed by atoms with Crippen LogP contribution in [0.2, 0.25) is 10.0 Å². The molecule has 0 saturated heterocycles. The van der Waals surface area contributed by atoms with E-state index in [1.165, 1.54) is 0 Å². The van der Waals surface area contributed by atoms with E-state index in [9.17, 15) is 0 Å². The molecule has 3 N–H and O–H groups in total. The third-order valence-corrected chi connectivity index (χ3v) is 4.11. The highest BCUT2D eigenvalue weighted by Gasteiger charge is 2.19. The van der Waals surface area contributed by atoms with Crippen LogP contribution in [-0.4, -0.2) is 0 Å². The molecule has 3 rings (SSSR count). The van der Waals surface area contributed by atoms with Gasteiger partial charge in [0.05, 0.1) is 38.5 Å². The van der Waals surface area contributed by atoms with Crippen LogP contribution in [-0.2, 0) is 11.4 Å². The molecular formula is C13H10Cl2N4S. The van der Waals surface area contributed by atoms with E-state index in [1.54, 1.807) is 6.07 Å². The summed E-state index contributed by atoms with van der Waals surface area (Å²) in [6.07, 6.45) is 0.